The molecule has 2 aromatic heterocycles. The molecule has 6 heteroatoms. The number of aromatic nitrogens is 2. The summed E-state index contributed by atoms with van der Waals surface area (Å²) in [6.07, 6.45) is 3.09. The Hall–Kier alpha value is -1.79. The van der Waals surface area contributed by atoms with Crippen molar-refractivity contribution >= 4 is 44.3 Å². The van der Waals surface area contributed by atoms with Crippen LogP contribution in [0.15, 0.2) is 35.6 Å². The first-order chi connectivity index (χ1) is 8.34. The van der Waals surface area contributed by atoms with E-state index in [1.165, 1.54) is 29.2 Å². The monoisotopic (exact) mass is 261 g/mol. The molecule has 2 heterocycles. The minimum atomic E-state index is 0.277. The second kappa shape index (κ2) is 4.23. The Balaban J connectivity index is 2.03. The van der Waals surface area contributed by atoms with Crippen LogP contribution < -0.4 is 0 Å². The molecule has 0 saturated carbocycles. The van der Waals surface area contributed by atoms with E-state index in [4.69, 9.17) is 0 Å². The molecule has 0 atom stereocenters. The second-order valence-corrected chi connectivity index (χ2v) is 5.14. The van der Waals surface area contributed by atoms with E-state index in [1.54, 1.807) is 6.21 Å². The fourth-order valence-corrected chi connectivity index (χ4v) is 2.83. The molecule has 0 aliphatic carbocycles. The quantitative estimate of drug-likeness (QED) is 0.721. The minimum Gasteiger partial charge on any atom is -0.506 e. The van der Waals surface area contributed by atoms with Crippen LogP contribution in [-0.4, -0.2) is 20.7 Å². The van der Waals surface area contributed by atoms with Gasteiger partial charge < -0.3 is 5.11 Å². The maximum absolute atomic E-state index is 10.0. The van der Waals surface area contributed by atoms with Gasteiger partial charge in [-0.1, -0.05) is 12.1 Å². The summed E-state index contributed by atoms with van der Waals surface area (Å²) in [5.74, 6) is 0.277. The maximum atomic E-state index is 10.0. The third kappa shape index (κ3) is 1.92. The van der Waals surface area contributed by atoms with E-state index in [2.05, 4.69) is 14.3 Å². The lowest BCUT2D eigenvalue weighted by Gasteiger charge is -1.89. The predicted octanol–water partition coefficient (Wildman–Crippen LogP) is 3.21. The third-order valence-electron chi connectivity index (χ3n) is 2.24. The van der Waals surface area contributed by atoms with Gasteiger partial charge in [-0.3, -0.25) is 0 Å². The molecule has 0 radical (unpaired) electrons. The second-order valence-electron chi connectivity index (χ2n) is 3.29. The molecule has 1 N–H and O–H groups in total. The molecule has 0 amide bonds. The Bertz CT molecular complexity index is 673. The number of aromatic hydroxyl groups is 1. The average molecular weight is 261 g/mol. The van der Waals surface area contributed by atoms with Gasteiger partial charge in [0.05, 0.1) is 11.1 Å². The number of hydrogen-bond donors (Lipinski definition) is 1. The summed E-state index contributed by atoms with van der Waals surface area (Å²) in [4.78, 5) is 8.85. The van der Waals surface area contributed by atoms with Gasteiger partial charge in [-0.25, -0.2) is 9.98 Å². The zero-order chi connectivity index (χ0) is 11.7. The minimum absolute atomic E-state index is 0.277. The molecule has 0 aliphatic rings. The Morgan fingerprint density at radius 1 is 1.29 bits per heavy atom. The van der Waals surface area contributed by atoms with Crippen molar-refractivity contribution in [2.75, 3.05) is 0 Å². The molecule has 0 saturated heterocycles. The highest BCUT2D eigenvalue weighted by molar-refractivity contribution is 7.21. The largest absolute Gasteiger partial charge is 0.506 e. The SMILES string of the molecule is Oc1c(C=Nc2ncns2)sc2ccccc12. The maximum Gasteiger partial charge on any atom is 0.228 e. The van der Waals surface area contributed by atoms with Crippen molar-refractivity contribution in [3.63, 3.8) is 0 Å². The molecule has 3 aromatic rings. The number of thiophene rings is 1. The molecule has 3 rings (SSSR count). The van der Waals surface area contributed by atoms with Gasteiger partial charge in [0, 0.05) is 21.6 Å². The normalized spacial score (nSPS) is 11.5. The van der Waals surface area contributed by atoms with Gasteiger partial charge in [0.2, 0.25) is 5.13 Å². The van der Waals surface area contributed by atoms with E-state index in [1.807, 2.05) is 24.3 Å². The van der Waals surface area contributed by atoms with Gasteiger partial charge in [0.1, 0.15) is 12.1 Å². The summed E-state index contributed by atoms with van der Waals surface area (Å²) < 4.78 is 4.90. The summed E-state index contributed by atoms with van der Waals surface area (Å²) in [7, 11) is 0. The van der Waals surface area contributed by atoms with Crippen molar-refractivity contribution in [3.05, 3.63) is 35.5 Å². The van der Waals surface area contributed by atoms with Crippen molar-refractivity contribution < 1.29 is 5.11 Å². The number of rotatable bonds is 2. The van der Waals surface area contributed by atoms with Crippen molar-refractivity contribution in [2.45, 2.75) is 0 Å². The number of nitrogens with zero attached hydrogens (tertiary/aromatic N) is 3. The predicted molar refractivity (Wildman–Crippen MR) is 70.7 cm³/mol. The molecule has 84 valence electrons. The van der Waals surface area contributed by atoms with Crippen molar-refractivity contribution in [1.29, 1.82) is 0 Å². The van der Waals surface area contributed by atoms with Crippen LogP contribution in [0.1, 0.15) is 4.88 Å². The lowest BCUT2D eigenvalue weighted by atomic mass is 10.2. The van der Waals surface area contributed by atoms with Crippen LogP contribution in [-0.2, 0) is 0 Å². The Morgan fingerprint density at radius 3 is 2.94 bits per heavy atom. The fraction of sp³-hybridized carbons (Fsp3) is 0. The summed E-state index contributed by atoms with van der Waals surface area (Å²) in [5.41, 5.74) is 0. The summed E-state index contributed by atoms with van der Waals surface area (Å²) in [6, 6.07) is 7.72. The number of benzene rings is 1. The first-order valence-electron chi connectivity index (χ1n) is 4.86. The highest BCUT2D eigenvalue weighted by Crippen LogP contribution is 2.35. The average Bonchev–Trinajstić information content (AvgIpc) is 2.96. The molecule has 17 heavy (non-hydrogen) atoms. The molecule has 0 bridgehead atoms. The zero-order valence-electron chi connectivity index (χ0n) is 8.57. The van der Waals surface area contributed by atoms with E-state index in [9.17, 15) is 5.11 Å². The molecule has 0 aliphatic heterocycles. The molecule has 0 unspecified atom stereocenters. The van der Waals surface area contributed by atoms with E-state index >= 15 is 0 Å². The van der Waals surface area contributed by atoms with E-state index in [0.29, 0.717) is 5.13 Å². The molecule has 0 fully saturated rings. The smallest absolute Gasteiger partial charge is 0.228 e. The highest BCUT2D eigenvalue weighted by Gasteiger charge is 2.08. The fourth-order valence-electron chi connectivity index (χ4n) is 1.48. The van der Waals surface area contributed by atoms with Gasteiger partial charge in [0.15, 0.2) is 0 Å². The van der Waals surface area contributed by atoms with Crippen LogP contribution in [0, 0.1) is 0 Å². The van der Waals surface area contributed by atoms with Gasteiger partial charge in [-0.15, -0.1) is 11.3 Å². The topological polar surface area (TPSA) is 58.4 Å². The molecule has 1 aromatic carbocycles. The van der Waals surface area contributed by atoms with Crippen molar-refractivity contribution in [1.82, 2.24) is 9.36 Å². The van der Waals surface area contributed by atoms with Crippen molar-refractivity contribution in [3.8, 4) is 5.75 Å². The highest BCUT2D eigenvalue weighted by atomic mass is 32.1. The summed E-state index contributed by atoms with van der Waals surface area (Å²) >= 11 is 2.72. The van der Waals surface area contributed by atoms with Gasteiger partial charge in [-0.05, 0) is 12.1 Å². The standard InChI is InChI=1S/C11H7N3OS2/c15-10-7-3-1-2-4-8(7)16-9(10)5-12-11-13-6-14-17-11/h1-6,15H. The molecule has 0 spiro atoms. The number of aliphatic imine (C=N–C) groups is 1. The Morgan fingerprint density at radius 2 is 2.18 bits per heavy atom. The Labute approximate surface area is 105 Å². The van der Waals surface area contributed by atoms with Crippen molar-refractivity contribution in [2.24, 2.45) is 4.99 Å². The lowest BCUT2D eigenvalue weighted by Crippen LogP contribution is -1.73. The van der Waals surface area contributed by atoms with Gasteiger partial charge in [-0.2, -0.15) is 4.37 Å². The van der Waals surface area contributed by atoms with E-state index < -0.39 is 0 Å². The third-order valence-corrected chi connectivity index (χ3v) is 3.91. The van der Waals surface area contributed by atoms with E-state index in [-0.39, 0.29) is 5.75 Å². The van der Waals surface area contributed by atoms with Gasteiger partial charge in [0.25, 0.3) is 0 Å². The molecular formula is C11H7N3OS2. The number of fused-ring (bicyclic) bond motifs is 1. The molecular weight excluding hydrogens is 254 g/mol. The first-order valence-corrected chi connectivity index (χ1v) is 6.45. The van der Waals surface area contributed by atoms with Crippen LogP contribution in [0.3, 0.4) is 0 Å². The first kappa shape index (κ1) is 10.4. The van der Waals surface area contributed by atoms with Crippen LogP contribution in [0.2, 0.25) is 0 Å². The zero-order valence-corrected chi connectivity index (χ0v) is 10.2. The molecule has 4 nitrogen and oxygen atoms in total. The van der Waals surface area contributed by atoms with Gasteiger partial charge >= 0.3 is 0 Å². The summed E-state index contributed by atoms with van der Waals surface area (Å²) in [5, 5.41) is 11.4. The Kier molecular flexibility index (Phi) is 2.58. The van der Waals surface area contributed by atoms with Crippen LogP contribution >= 0.6 is 22.9 Å². The number of hydrogen-bond acceptors (Lipinski definition) is 6. The van der Waals surface area contributed by atoms with Crippen LogP contribution in [0.25, 0.3) is 10.1 Å². The van der Waals surface area contributed by atoms with Crippen LogP contribution in [0.5, 0.6) is 5.75 Å². The van der Waals surface area contributed by atoms with Crippen LogP contribution in [0.4, 0.5) is 5.13 Å². The van der Waals surface area contributed by atoms with E-state index in [0.717, 1.165) is 15.0 Å². The summed E-state index contributed by atoms with van der Waals surface area (Å²) in [6.45, 7) is 0. The lowest BCUT2D eigenvalue weighted by molar-refractivity contribution is 0.483.